The quantitative estimate of drug-likeness (QED) is 0.715. The molecule has 1 N–H and O–H groups in total. The predicted molar refractivity (Wildman–Crippen MR) is 110 cm³/mol. The molecule has 0 aliphatic carbocycles. The molecule has 0 saturated carbocycles. The predicted octanol–water partition coefficient (Wildman–Crippen LogP) is 4.90. The van der Waals surface area contributed by atoms with E-state index in [4.69, 9.17) is 32.7 Å². The van der Waals surface area contributed by atoms with Gasteiger partial charge in [0.2, 0.25) is 0 Å². The first-order valence-corrected chi connectivity index (χ1v) is 9.84. The van der Waals surface area contributed by atoms with Crippen molar-refractivity contribution in [2.24, 2.45) is 5.92 Å². The standard InChI is InChI=1S/C21H23Cl2NO4/c1-27-18-5-3-4-15(20(18)28-2)19(14-6-7-16(22)17(23)12-14)24-10-8-13(9-11-24)21(25)26/h3-7,12-13,19H,8-11H2,1-2H3,(H,25,26). The van der Waals surface area contributed by atoms with Crippen LogP contribution in [0.15, 0.2) is 36.4 Å². The number of ether oxygens (including phenoxy) is 2. The fourth-order valence-electron chi connectivity index (χ4n) is 3.80. The number of nitrogens with zero attached hydrogens (tertiary/aromatic N) is 1. The van der Waals surface area contributed by atoms with Crippen LogP contribution in [0, 0.1) is 5.92 Å². The smallest absolute Gasteiger partial charge is 0.306 e. The molecule has 2 aromatic rings. The highest BCUT2D eigenvalue weighted by Gasteiger charge is 2.32. The summed E-state index contributed by atoms with van der Waals surface area (Å²) in [5, 5.41) is 10.3. The number of hydrogen-bond acceptors (Lipinski definition) is 4. The fraction of sp³-hybridized carbons (Fsp3) is 0.381. The Morgan fingerprint density at radius 3 is 2.39 bits per heavy atom. The molecule has 28 heavy (non-hydrogen) atoms. The molecule has 0 bridgehead atoms. The summed E-state index contributed by atoms with van der Waals surface area (Å²) in [5.41, 5.74) is 1.91. The Hall–Kier alpha value is -1.95. The van der Waals surface area contributed by atoms with E-state index in [-0.39, 0.29) is 12.0 Å². The molecule has 0 radical (unpaired) electrons. The van der Waals surface area contributed by atoms with Gasteiger partial charge in [-0.25, -0.2) is 0 Å². The van der Waals surface area contributed by atoms with Crippen LogP contribution in [0.1, 0.15) is 30.0 Å². The van der Waals surface area contributed by atoms with E-state index in [1.54, 1.807) is 20.3 Å². The normalized spacial score (nSPS) is 16.6. The van der Waals surface area contributed by atoms with Crippen LogP contribution >= 0.6 is 23.2 Å². The van der Waals surface area contributed by atoms with E-state index in [1.165, 1.54) is 0 Å². The van der Waals surface area contributed by atoms with E-state index < -0.39 is 5.97 Å². The summed E-state index contributed by atoms with van der Waals surface area (Å²) in [5.74, 6) is 0.259. The Bertz CT molecular complexity index is 850. The summed E-state index contributed by atoms with van der Waals surface area (Å²) in [6, 6.07) is 11.2. The second-order valence-electron chi connectivity index (χ2n) is 6.81. The lowest BCUT2D eigenvalue weighted by Crippen LogP contribution is -2.39. The van der Waals surface area contributed by atoms with Gasteiger partial charge in [0.15, 0.2) is 11.5 Å². The first kappa shape index (κ1) is 20.8. The number of likely N-dealkylation sites (tertiary alicyclic amines) is 1. The summed E-state index contributed by atoms with van der Waals surface area (Å²) >= 11 is 12.4. The molecular weight excluding hydrogens is 401 g/mol. The zero-order chi connectivity index (χ0) is 20.3. The monoisotopic (exact) mass is 423 g/mol. The van der Waals surface area contributed by atoms with E-state index in [0.29, 0.717) is 47.5 Å². The van der Waals surface area contributed by atoms with Gasteiger partial charge in [-0.2, -0.15) is 0 Å². The van der Waals surface area contributed by atoms with Crippen LogP contribution in [0.2, 0.25) is 10.0 Å². The van der Waals surface area contributed by atoms with Gasteiger partial charge in [0.1, 0.15) is 0 Å². The SMILES string of the molecule is COc1cccc(C(c2ccc(Cl)c(Cl)c2)N2CCC(C(=O)O)CC2)c1OC. The Balaban J connectivity index is 2.05. The number of para-hydroxylation sites is 1. The molecule has 2 aromatic carbocycles. The minimum Gasteiger partial charge on any atom is -0.493 e. The van der Waals surface area contributed by atoms with Crippen LogP contribution in [0.3, 0.4) is 0 Å². The molecule has 7 heteroatoms. The zero-order valence-corrected chi connectivity index (χ0v) is 17.3. The van der Waals surface area contributed by atoms with E-state index in [2.05, 4.69) is 4.90 Å². The number of halogens is 2. The van der Waals surface area contributed by atoms with Gasteiger partial charge in [-0.1, -0.05) is 41.4 Å². The van der Waals surface area contributed by atoms with Crippen molar-refractivity contribution in [1.82, 2.24) is 4.90 Å². The maximum atomic E-state index is 11.3. The zero-order valence-electron chi connectivity index (χ0n) is 15.8. The molecular formula is C21H23Cl2NO4. The first-order chi connectivity index (χ1) is 13.5. The molecule has 150 valence electrons. The molecule has 5 nitrogen and oxygen atoms in total. The summed E-state index contributed by atoms with van der Waals surface area (Å²) < 4.78 is 11.1. The molecule has 1 atom stereocenters. The minimum atomic E-state index is -0.732. The molecule has 1 aliphatic rings. The van der Waals surface area contributed by atoms with Gasteiger partial charge >= 0.3 is 5.97 Å². The number of piperidine rings is 1. The molecule has 3 rings (SSSR count). The van der Waals surface area contributed by atoms with Gasteiger partial charge in [-0.3, -0.25) is 9.69 Å². The van der Waals surface area contributed by atoms with Crippen molar-refractivity contribution in [3.63, 3.8) is 0 Å². The Labute approximate surface area is 174 Å². The number of carbonyl (C=O) groups is 1. The van der Waals surface area contributed by atoms with Gasteiger partial charge in [-0.15, -0.1) is 0 Å². The highest BCUT2D eigenvalue weighted by molar-refractivity contribution is 6.42. The summed E-state index contributed by atoms with van der Waals surface area (Å²) in [6.07, 6.45) is 1.19. The molecule has 0 spiro atoms. The Morgan fingerprint density at radius 1 is 1.11 bits per heavy atom. The first-order valence-electron chi connectivity index (χ1n) is 9.09. The third kappa shape index (κ3) is 4.22. The molecule has 1 unspecified atom stereocenters. The summed E-state index contributed by atoms with van der Waals surface area (Å²) in [4.78, 5) is 13.6. The van der Waals surface area contributed by atoms with E-state index in [1.807, 2.05) is 30.3 Å². The van der Waals surface area contributed by atoms with Crippen molar-refractivity contribution < 1.29 is 19.4 Å². The van der Waals surface area contributed by atoms with Crippen molar-refractivity contribution in [2.75, 3.05) is 27.3 Å². The lowest BCUT2D eigenvalue weighted by Gasteiger charge is -2.37. The topological polar surface area (TPSA) is 59.0 Å². The largest absolute Gasteiger partial charge is 0.493 e. The van der Waals surface area contributed by atoms with Gasteiger partial charge in [0.25, 0.3) is 0 Å². The number of benzene rings is 2. The average Bonchev–Trinajstić information content (AvgIpc) is 2.71. The third-order valence-electron chi connectivity index (χ3n) is 5.23. The summed E-state index contributed by atoms with van der Waals surface area (Å²) in [7, 11) is 3.22. The number of rotatable bonds is 6. The maximum Gasteiger partial charge on any atom is 0.306 e. The van der Waals surface area contributed by atoms with Gasteiger partial charge in [0, 0.05) is 5.56 Å². The van der Waals surface area contributed by atoms with Gasteiger partial charge in [0.05, 0.1) is 36.2 Å². The van der Waals surface area contributed by atoms with Crippen molar-refractivity contribution in [1.29, 1.82) is 0 Å². The second-order valence-corrected chi connectivity index (χ2v) is 7.62. The van der Waals surface area contributed by atoms with E-state index in [9.17, 15) is 9.90 Å². The number of hydrogen-bond donors (Lipinski definition) is 1. The number of methoxy groups -OCH3 is 2. The van der Waals surface area contributed by atoms with E-state index in [0.717, 1.165) is 11.1 Å². The minimum absolute atomic E-state index is 0.158. The highest BCUT2D eigenvalue weighted by Crippen LogP contribution is 2.42. The number of aliphatic carboxylic acids is 1. The van der Waals surface area contributed by atoms with Gasteiger partial charge in [-0.05, 0) is 49.7 Å². The van der Waals surface area contributed by atoms with Crippen LogP contribution in [0.25, 0.3) is 0 Å². The van der Waals surface area contributed by atoms with Crippen LogP contribution in [-0.4, -0.2) is 43.3 Å². The lowest BCUT2D eigenvalue weighted by atomic mass is 9.91. The lowest BCUT2D eigenvalue weighted by molar-refractivity contribution is -0.143. The van der Waals surface area contributed by atoms with Gasteiger partial charge < -0.3 is 14.6 Å². The molecule has 0 amide bonds. The molecule has 1 heterocycles. The van der Waals surface area contributed by atoms with Crippen molar-refractivity contribution >= 4 is 29.2 Å². The van der Waals surface area contributed by atoms with Crippen LogP contribution < -0.4 is 9.47 Å². The van der Waals surface area contributed by atoms with Crippen molar-refractivity contribution in [2.45, 2.75) is 18.9 Å². The fourth-order valence-corrected chi connectivity index (χ4v) is 4.11. The molecule has 1 fully saturated rings. The van der Waals surface area contributed by atoms with Crippen molar-refractivity contribution in [3.05, 3.63) is 57.6 Å². The summed E-state index contributed by atoms with van der Waals surface area (Å²) in [6.45, 7) is 1.31. The Kier molecular flexibility index (Phi) is 6.70. The van der Waals surface area contributed by atoms with Crippen LogP contribution in [-0.2, 0) is 4.79 Å². The van der Waals surface area contributed by atoms with Crippen molar-refractivity contribution in [3.8, 4) is 11.5 Å². The third-order valence-corrected chi connectivity index (χ3v) is 5.97. The number of carboxylic acid groups (broad SMARTS) is 1. The highest BCUT2D eigenvalue weighted by atomic mass is 35.5. The Morgan fingerprint density at radius 2 is 1.82 bits per heavy atom. The van der Waals surface area contributed by atoms with Crippen LogP contribution in [0.5, 0.6) is 11.5 Å². The molecule has 1 aliphatic heterocycles. The van der Waals surface area contributed by atoms with E-state index >= 15 is 0 Å². The average molecular weight is 424 g/mol. The molecule has 1 saturated heterocycles. The maximum absolute atomic E-state index is 11.3. The van der Waals surface area contributed by atoms with Crippen LogP contribution in [0.4, 0.5) is 0 Å². The number of carboxylic acids is 1. The molecule has 0 aromatic heterocycles. The second kappa shape index (κ2) is 9.03.